The van der Waals surface area contributed by atoms with Gasteiger partial charge in [-0.3, -0.25) is 14.6 Å². The van der Waals surface area contributed by atoms with Crippen LogP contribution in [0.1, 0.15) is 0 Å². The number of ether oxygens (including phenoxy) is 1. The Kier molecular flexibility index (Phi) is 6.11. The minimum absolute atomic E-state index is 0.164. The van der Waals surface area contributed by atoms with Gasteiger partial charge in [0.15, 0.2) is 0 Å². The number of piperazine rings is 1. The van der Waals surface area contributed by atoms with Crippen molar-refractivity contribution in [1.82, 2.24) is 14.8 Å². The van der Waals surface area contributed by atoms with Crippen LogP contribution in [0.15, 0.2) is 65.7 Å². The zero-order valence-electron chi connectivity index (χ0n) is 17.3. The number of pyridine rings is 1. The molecular formula is C22H24N6O3. The lowest BCUT2D eigenvalue weighted by atomic mass is 10.2. The first-order chi connectivity index (χ1) is 15.1. The van der Waals surface area contributed by atoms with Crippen LogP contribution in [0.3, 0.4) is 0 Å². The highest BCUT2D eigenvalue weighted by atomic mass is 16.5. The molecule has 0 unspecified atom stereocenters. The predicted octanol–water partition coefficient (Wildman–Crippen LogP) is 1.61. The molecule has 9 nitrogen and oxygen atoms in total. The van der Waals surface area contributed by atoms with Crippen LogP contribution >= 0.6 is 0 Å². The Balaban J connectivity index is 1.42. The smallest absolute Gasteiger partial charge is 0.267 e. The van der Waals surface area contributed by atoms with Crippen LogP contribution in [-0.4, -0.2) is 54.0 Å². The van der Waals surface area contributed by atoms with E-state index < -0.39 is 0 Å². The van der Waals surface area contributed by atoms with Gasteiger partial charge in [-0.05, 0) is 30.3 Å². The Hall–Kier alpha value is -3.88. The van der Waals surface area contributed by atoms with Crippen molar-refractivity contribution >= 4 is 23.1 Å². The van der Waals surface area contributed by atoms with Crippen LogP contribution in [-0.2, 0) is 11.3 Å². The van der Waals surface area contributed by atoms with E-state index in [-0.39, 0.29) is 18.0 Å². The zero-order valence-corrected chi connectivity index (χ0v) is 17.3. The maximum atomic E-state index is 12.3. The van der Waals surface area contributed by atoms with Crippen LogP contribution < -0.4 is 25.4 Å². The van der Waals surface area contributed by atoms with E-state index in [9.17, 15) is 9.59 Å². The van der Waals surface area contributed by atoms with Gasteiger partial charge in [-0.15, -0.1) is 0 Å². The van der Waals surface area contributed by atoms with E-state index in [2.05, 4.69) is 25.2 Å². The number of carbonyl (C=O) groups is 1. The summed E-state index contributed by atoms with van der Waals surface area (Å²) in [7, 11) is 1.67. The first-order valence-electron chi connectivity index (χ1n) is 10.0. The molecule has 0 atom stereocenters. The number of nitrogens with one attached hydrogen (secondary N) is 1. The van der Waals surface area contributed by atoms with Crippen LogP contribution in [0.4, 0.5) is 17.2 Å². The Morgan fingerprint density at radius 3 is 2.55 bits per heavy atom. The molecule has 0 aliphatic carbocycles. The van der Waals surface area contributed by atoms with E-state index in [1.807, 2.05) is 24.3 Å². The molecule has 4 rings (SSSR count). The van der Waals surface area contributed by atoms with Crippen molar-refractivity contribution in [3.63, 3.8) is 0 Å². The molecule has 1 aliphatic rings. The summed E-state index contributed by atoms with van der Waals surface area (Å²) in [6.07, 6.45) is 3.17. The van der Waals surface area contributed by atoms with Crippen molar-refractivity contribution in [3.05, 3.63) is 71.3 Å². The van der Waals surface area contributed by atoms with Gasteiger partial charge in [0.2, 0.25) is 5.91 Å². The SMILES string of the molecule is COc1ccccc1N1CCN(c2ccc(=O)n(CC(=O)Nc3cccnc3)n2)CC1. The van der Waals surface area contributed by atoms with Crippen LogP contribution in [0, 0.1) is 0 Å². The molecule has 3 heterocycles. The maximum absolute atomic E-state index is 12.3. The lowest BCUT2D eigenvalue weighted by Gasteiger charge is -2.37. The van der Waals surface area contributed by atoms with Crippen molar-refractivity contribution in [2.24, 2.45) is 0 Å². The highest BCUT2D eigenvalue weighted by Gasteiger charge is 2.21. The second-order valence-electron chi connectivity index (χ2n) is 7.12. The standard InChI is InChI=1S/C22H24N6O3/c1-31-19-7-3-2-6-18(19)26-11-13-27(14-12-26)20-8-9-22(30)28(25-20)16-21(29)24-17-5-4-10-23-15-17/h2-10,15H,11-14,16H2,1H3,(H,24,29). The van der Waals surface area contributed by atoms with E-state index in [0.29, 0.717) is 11.5 Å². The third kappa shape index (κ3) is 4.82. The quantitative estimate of drug-likeness (QED) is 0.648. The average Bonchev–Trinajstić information content (AvgIpc) is 2.81. The highest BCUT2D eigenvalue weighted by Crippen LogP contribution is 2.28. The Bertz CT molecular complexity index is 1090. The second-order valence-corrected chi connectivity index (χ2v) is 7.12. The number of carbonyl (C=O) groups excluding carboxylic acids is 1. The fourth-order valence-corrected chi connectivity index (χ4v) is 3.56. The lowest BCUT2D eigenvalue weighted by molar-refractivity contribution is -0.117. The lowest BCUT2D eigenvalue weighted by Crippen LogP contribution is -2.47. The number of para-hydroxylation sites is 2. The second kappa shape index (κ2) is 9.29. The molecular weight excluding hydrogens is 396 g/mol. The van der Waals surface area contributed by atoms with Gasteiger partial charge in [0, 0.05) is 38.4 Å². The molecule has 160 valence electrons. The normalized spacial score (nSPS) is 13.7. The summed E-state index contributed by atoms with van der Waals surface area (Å²) in [6.45, 7) is 2.91. The average molecular weight is 420 g/mol. The molecule has 1 fully saturated rings. The van der Waals surface area contributed by atoms with E-state index in [1.54, 1.807) is 37.7 Å². The van der Waals surface area contributed by atoms with Gasteiger partial charge in [0.1, 0.15) is 18.1 Å². The van der Waals surface area contributed by atoms with Gasteiger partial charge in [-0.1, -0.05) is 12.1 Å². The maximum Gasteiger partial charge on any atom is 0.267 e. The summed E-state index contributed by atoms with van der Waals surface area (Å²) in [5.41, 5.74) is 1.32. The Morgan fingerprint density at radius 2 is 1.81 bits per heavy atom. The molecule has 1 amide bonds. The predicted molar refractivity (Wildman–Crippen MR) is 119 cm³/mol. The molecule has 1 aromatic carbocycles. The zero-order chi connectivity index (χ0) is 21.6. The number of hydrogen-bond donors (Lipinski definition) is 1. The molecule has 3 aromatic rings. The van der Waals surface area contributed by atoms with E-state index in [1.165, 1.54) is 10.7 Å². The van der Waals surface area contributed by atoms with Crippen molar-refractivity contribution in [2.75, 3.05) is 48.4 Å². The molecule has 9 heteroatoms. The number of rotatable bonds is 6. The molecule has 1 aliphatic heterocycles. The Labute approximate surface area is 179 Å². The fraction of sp³-hybridized carbons (Fsp3) is 0.273. The number of methoxy groups -OCH3 is 1. The molecule has 1 saturated heterocycles. The van der Waals surface area contributed by atoms with Crippen molar-refractivity contribution in [1.29, 1.82) is 0 Å². The molecule has 31 heavy (non-hydrogen) atoms. The summed E-state index contributed by atoms with van der Waals surface area (Å²) in [5.74, 6) is 1.19. The summed E-state index contributed by atoms with van der Waals surface area (Å²) in [5, 5.41) is 7.14. The van der Waals surface area contributed by atoms with Gasteiger partial charge < -0.3 is 19.9 Å². The van der Waals surface area contributed by atoms with E-state index in [4.69, 9.17) is 4.74 Å². The molecule has 0 bridgehead atoms. The van der Waals surface area contributed by atoms with E-state index >= 15 is 0 Å². The van der Waals surface area contributed by atoms with Crippen LogP contribution in [0.5, 0.6) is 5.75 Å². The summed E-state index contributed by atoms with van der Waals surface area (Å²) in [6, 6.07) is 14.6. The van der Waals surface area contributed by atoms with Crippen molar-refractivity contribution < 1.29 is 9.53 Å². The number of anilines is 3. The summed E-state index contributed by atoms with van der Waals surface area (Å²) in [4.78, 5) is 32.9. The first-order valence-corrected chi connectivity index (χ1v) is 10.0. The number of amides is 1. The fourth-order valence-electron chi connectivity index (χ4n) is 3.56. The molecule has 0 radical (unpaired) electrons. The van der Waals surface area contributed by atoms with Crippen LogP contribution in [0.2, 0.25) is 0 Å². The van der Waals surface area contributed by atoms with E-state index in [0.717, 1.165) is 37.6 Å². The number of nitrogens with zero attached hydrogens (tertiary/aromatic N) is 5. The van der Waals surface area contributed by atoms with Gasteiger partial charge >= 0.3 is 0 Å². The van der Waals surface area contributed by atoms with Gasteiger partial charge in [-0.25, -0.2) is 4.68 Å². The van der Waals surface area contributed by atoms with Crippen LogP contribution in [0.25, 0.3) is 0 Å². The molecule has 2 aromatic heterocycles. The minimum atomic E-state index is -0.333. The van der Waals surface area contributed by atoms with Gasteiger partial charge in [0.25, 0.3) is 5.56 Å². The molecule has 0 spiro atoms. The third-order valence-electron chi connectivity index (χ3n) is 5.12. The summed E-state index contributed by atoms with van der Waals surface area (Å²) < 4.78 is 6.66. The monoisotopic (exact) mass is 420 g/mol. The van der Waals surface area contributed by atoms with Gasteiger partial charge in [0.05, 0.1) is 24.7 Å². The minimum Gasteiger partial charge on any atom is -0.495 e. The highest BCUT2D eigenvalue weighted by molar-refractivity contribution is 5.90. The molecule has 1 N–H and O–H groups in total. The van der Waals surface area contributed by atoms with Crippen molar-refractivity contribution in [2.45, 2.75) is 6.54 Å². The number of hydrogen-bond acceptors (Lipinski definition) is 7. The first kappa shape index (κ1) is 20.4. The summed E-state index contributed by atoms with van der Waals surface area (Å²) >= 11 is 0. The third-order valence-corrected chi connectivity index (χ3v) is 5.12. The number of benzene rings is 1. The topological polar surface area (TPSA) is 92.6 Å². The largest absolute Gasteiger partial charge is 0.495 e. The van der Waals surface area contributed by atoms with Gasteiger partial charge in [-0.2, -0.15) is 5.10 Å². The van der Waals surface area contributed by atoms with Crippen molar-refractivity contribution in [3.8, 4) is 5.75 Å². The molecule has 0 saturated carbocycles. The Morgan fingerprint density at radius 1 is 1.03 bits per heavy atom. The number of aromatic nitrogens is 3.